The second kappa shape index (κ2) is 9.84. The van der Waals surface area contributed by atoms with E-state index in [1.165, 1.54) is 6.92 Å². The molecule has 0 fully saturated rings. The van der Waals surface area contributed by atoms with E-state index in [0.29, 0.717) is 17.9 Å². The largest absolute Gasteiger partial charge is 0.493 e. The molecular weight excluding hydrogens is 388 g/mol. The second-order valence-electron chi connectivity index (χ2n) is 5.20. The van der Waals surface area contributed by atoms with Gasteiger partial charge in [-0.25, -0.2) is 0 Å². The average Bonchev–Trinajstić information content (AvgIpc) is 2.61. The Morgan fingerprint density at radius 2 is 1.40 bits per heavy atom. The van der Waals surface area contributed by atoms with Gasteiger partial charge >= 0.3 is 5.97 Å². The van der Waals surface area contributed by atoms with E-state index in [-0.39, 0.29) is 31.4 Å². The van der Waals surface area contributed by atoms with Gasteiger partial charge in [0.2, 0.25) is 0 Å². The van der Waals surface area contributed by atoms with Gasteiger partial charge in [-0.05, 0) is 55.5 Å². The van der Waals surface area contributed by atoms with Gasteiger partial charge in [0.15, 0.2) is 5.78 Å². The molecule has 0 aromatic heterocycles. The minimum absolute atomic E-state index is 0.000448. The molecule has 0 spiro atoms. The molecule has 0 N–H and O–H groups in total. The summed E-state index contributed by atoms with van der Waals surface area (Å²) in [5.74, 6) is 0.980. The quantitative estimate of drug-likeness (QED) is 0.357. The monoisotopic (exact) mass is 406 g/mol. The Hall–Kier alpha value is -2.34. The van der Waals surface area contributed by atoms with Crippen LogP contribution in [0.4, 0.5) is 0 Å². The molecule has 132 valence electrons. The number of ether oxygens (including phenoxy) is 3. The smallest absolute Gasteiger partial charge is 0.309 e. The third kappa shape index (κ3) is 6.97. The molecular formula is C19H19BrO5. The van der Waals surface area contributed by atoms with Crippen molar-refractivity contribution in [2.24, 2.45) is 0 Å². The van der Waals surface area contributed by atoms with Crippen molar-refractivity contribution in [3.05, 3.63) is 58.6 Å². The minimum Gasteiger partial charge on any atom is -0.493 e. The molecule has 2 aromatic carbocycles. The van der Waals surface area contributed by atoms with Gasteiger partial charge in [-0.1, -0.05) is 15.9 Å². The molecule has 0 atom stereocenters. The highest BCUT2D eigenvalue weighted by molar-refractivity contribution is 9.10. The van der Waals surface area contributed by atoms with Crippen LogP contribution in [0.2, 0.25) is 0 Å². The van der Waals surface area contributed by atoms with Crippen LogP contribution in [0.25, 0.3) is 0 Å². The molecule has 0 bridgehead atoms. The first kappa shape index (κ1) is 19.0. The van der Waals surface area contributed by atoms with E-state index < -0.39 is 0 Å². The number of carbonyl (C=O) groups is 2. The summed E-state index contributed by atoms with van der Waals surface area (Å²) >= 11 is 3.35. The highest BCUT2D eigenvalue weighted by Gasteiger charge is 2.05. The molecule has 0 heterocycles. The van der Waals surface area contributed by atoms with Gasteiger partial charge in [0.05, 0.1) is 13.0 Å². The van der Waals surface area contributed by atoms with E-state index >= 15 is 0 Å². The molecule has 0 aliphatic rings. The van der Waals surface area contributed by atoms with E-state index in [2.05, 4.69) is 15.9 Å². The molecule has 5 nitrogen and oxygen atoms in total. The predicted octanol–water partition coefficient (Wildman–Crippen LogP) is 4.04. The van der Waals surface area contributed by atoms with Gasteiger partial charge in [0.1, 0.15) is 24.7 Å². The molecule has 6 heteroatoms. The van der Waals surface area contributed by atoms with Crippen molar-refractivity contribution >= 4 is 27.7 Å². The molecule has 0 radical (unpaired) electrons. The molecule has 25 heavy (non-hydrogen) atoms. The standard InChI is InChI=1S/C19H19BrO5/c1-14(21)15-2-6-17(7-3-15)23-11-10-19(22)25-13-12-24-18-8-4-16(20)5-9-18/h2-9H,10-13H2,1H3. The van der Waals surface area contributed by atoms with Gasteiger partial charge < -0.3 is 14.2 Å². The zero-order valence-electron chi connectivity index (χ0n) is 13.9. The van der Waals surface area contributed by atoms with Gasteiger partial charge in [0, 0.05) is 10.0 Å². The second-order valence-corrected chi connectivity index (χ2v) is 6.12. The Balaban J connectivity index is 1.59. The molecule has 0 aliphatic heterocycles. The first-order chi connectivity index (χ1) is 12.0. The molecule has 0 saturated heterocycles. The van der Waals surface area contributed by atoms with Gasteiger partial charge in [0.25, 0.3) is 0 Å². The Labute approximate surface area is 155 Å². The average molecular weight is 407 g/mol. The lowest BCUT2D eigenvalue weighted by molar-refractivity contribution is -0.144. The van der Waals surface area contributed by atoms with Crippen LogP contribution >= 0.6 is 15.9 Å². The fourth-order valence-corrected chi connectivity index (χ4v) is 2.22. The van der Waals surface area contributed by atoms with Crippen molar-refractivity contribution in [2.75, 3.05) is 19.8 Å². The van der Waals surface area contributed by atoms with Crippen molar-refractivity contribution in [1.29, 1.82) is 0 Å². The molecule has 2 aromatic rings. The first-order valence-electron chi connectivity index (χ1n) is 7.82. The number of hydrogen-bond donors (Lipinski definition) is 0. The molecule has 0 unspecified atom stereocenters. The van der Waals surface area contributed by atoms with Gasteiger partial charge in [-0.15, -0.1) is 0 Å². The van der Waals surface area contributed by atoms with Crippen molar-refractivity contribution in [2.45, 2.75) is 13.3 Å². The number of carbonyl (C=O) groups excluding carboxylic acids is 2. The fraction of sp³-hybridized carbons (Fsp3) is 0.263. The SMILES string of the molecule is CC(=O)c1ccc(OCCC(=O)OCCOc2ccc(Br)cc2)cc1. The molecule has 0 aliphatic carbocycles. The summed E-state index contributed by atoms with van der Waals surface area (Å²) < 4.78 is 17.0. The number of hydrogen-bond acceptors (Lipinski definition) is 5. The van der Waals surface area contributed by atoms with Crippen molar-refractivity contribution in [1.82, 2.24) is 0 Å². The topological polar surface area (TPSA) is 61.8 Å². The molecule has 2 rings (SSSR count). The summed E-state index contributed by atoms with van der Waals surface area (Å²) in [4.78, 5) is 22.8. The lowest BCUT2D eigenvalue weighted by Gasteiger charge is -2.08. The van der Waals surface area contributed by atoms with Crippen LogP contribution < -0.4 is 9.47 Å². The van der Waals surface area contributed by atoms with E-state index in [4.69, 9.17) is 14.2 Å². The lowest BCUT2D eigenvalue weighted by atomic mass is 10.1. The van der Waals surface area contributed by atoms with Crippen LogP contribution in [0.1, 0.15) is 23.7 Å². The fourth-order valence-electron chi connectivity index (χ4n) is 1.96. The molecule has 0 amide bonds. The highest BCUT2D eigenvalue weighted by atomic mass is 79.9. The zero-order valence-corrected chi connectivity index (χ0v) is 15.5. The van der Waals surface area contributed by atoms with Crippen molar-refractivity contribution in [3.8, 4) is 11.5 Å². The Morgan fingerprint density at radius 3 is 2.00 bits per heavy atom. The van der Waals surface area contributed by atoms with Crippen LogP contribution in [0.3, 0.4) is 0 Å². The zero-order chi connectivity index (χ0) is 18.1. The highest BCUT2D eigenvalue weighted by Crippen LogP contribution is 2.16. The first-order valence-corrected chi connectivity index (χ1v) is 8.61. The van der Waals surface area contributed by atoms with Gasteiger partial charge in [-0.3, -0.25) is 9.59 Å². The number of benzene rings is 2. The van der Waals surface area contributed by atoms with Gasteiger partial charge in [-0.2, -0.15) is 0 Å². The normalized spacial score (nSPS) is 10.2. The maximum atomic E-state index is 11.6. The van der Waals surface area contributed by atoms with E-state index in [0.717, 1.165) is 10.2 Å². The number of esters is 1. The summed E-state index contributed by atoms with van der Waals surface area (Å²) in [5, 5.41) is 0. The third-order valence-corrected chi connectivity index (χ3v) is 3.79. The number of ketones is 1. The van der Waals surface area contributed by atoms with Crippen LogP contribution in [-0.2, 0) is 9.53 Å². The molecule has 0 saturated carbocycles. The van der Waals surface area contributed by atoms with Crippen molar-refractivity contribution < 1.29 is 23.8 Å². The third-order valence-electron chi connectivity index (χ3n) is 3.26. The Bertz CT molecular complexity index is 695. The maximum Gasteiger partial charge on any atom is 0.309 e. The summed E-state index contributed by atoms with van der Waals surface area (Å²) in [7, 11) is 0. The summed E-state index contributed by atoms with van der Waals surface area (Å²) in [6.45, 7) is 2.20. The number of halogens is 1. The van der Waals surface area contributed by atoms with E-state index in [9.17, 15) is 9.59 Å². The minimum atomic E-state index is -0.347. The van der Waals surface area contributed by atoms with Crippen LogP contribution in [-0.4, -0.2) is 31.6 Å². The number of Topliss-reactive ketones (excluding diaryl/α,β-unsaturated/α-hetero) is 1. The van der Waals surface area contributed by atoms with Crippen LogP contribution in [0.5, 0.6) is 11.5 Å². The van der Waals surface area contributed by atoms with Crippen LogP contribution in [0.15, 0.2) is 53.0 Å². The summed E-state index contributed by atoms with van der Waals surface area (Å²) in [5.41, 5.74) is 0.623. The summed E-state index contributed by atoms with van der Waals surface area (Å²) in [6, 6.07) is 14.2. The van der Waals surface area contributed by atoms with Crippen LogP contribution in [0, 0.1) is 0 Å². The maximum absolute atomic E-state index is 11.6. The number of rotatable bonds is 9. The van der Waals surface area contributed by atoms with E-state index in [1.54, 1.807) is 24.3 Å². The van der Waals surface area contributed by atoms with Crippen molar-refractivity contribution in [3.63, 3.8) is 0 Å². The van der Waals surface area contributed by atoms with E-state index in [1.807, 2.05) is 24.3 Å². The summed E-state index contributed by atoms with van der Waals surface area (Å²) in [6.07, 6.45) is 0.146. The Kier molecular flexibility index (Phi) is 7.47. The predicted molar refractivity (Wildman–Crippen MR) is 97.2 cm³/mol. The Morgan fingerprint density at radius 1 is 0.840 bits per heavy atom. The lowest BCUT2D eigenvalue weighted by Crippen LogP contribution is -2.14.